The van der Waals surface area contributed by atoms with Crippen LogP contribution < -0.4 is 0 Å². The molecule has 0 amide bonds. The minimum Gasteiger partial charge on any atom is -0.463 e. The van der Waals surface area contributed by atoms with Crippen molar-refractivity contribution >= 4 is 39.1 Å². The molecular weight excluding hydrogens is 515 g/mol. The van der Waals surface area contributed by atoms with Gasteiger partial charge in [0.15, 0.2) is 17.1 Å². The number of rotatable bonds is 7. The third-order valence-electron chi connectivity index (χ3n) is 5.49. The molecule has 3 heterocycles. The van der Waals surface area contributed by atoms with Gasteiger partial charge in [0.2, 0.25) is 0 Å². The molecule has 1 aromatic carbocycles. The Kier molecular flexibility index (Phi) is 7.55. The third-order valence-corrected chi connectivity index (χ3v) is 6.95. The molecule has 2 aliphatic rings. The Morgan fingerprint density at radius 2 is 2.24 bits per heavy atom. The number of methoxy groups -OCH3 is 1. The normalized spacial score (nSPS) is 19.8. The summed E-state index contributed by atoms with van der Waals surface area (Å²) in [5.41, 5.74) is 1.76. The number of aliphatic hydroxyl groups excluding tert-OH is 1. The topological polar surface area (TPSA) is 87.5 Å². The average Bonchev–Trinajstić information content (AvgIpc) is 3.33. The fraction of sp³-hybridized carbons (Fsp3) is 0.409. The number of hydrogen-bond acceptors (Lipinski definition) is 9. The number of carbonyl (C=O) groups excluding carboxylic acids is 1. The molecule has 1 fully saturated rings. The lowest BCUT2D eigenvalue weighted by Crippen LogP contribution is -2.52. The van der Waals surface area contributed by atoms with Gasteiger partial charge in [-0.2, -0.15) is 0 Å². The quantitative estimate of drug-likeness (QED) is 0.428. The van der Waals surface area contributed by atoms with E-state index in [1.54, 1.807) is 19.2 Å². The lowest BCUT2D eigenvalue weighted by atomic mass is 9.93. The number of fused-ring (bicyclic) bond motifs is 1. The maximum atomic E-state index is 13.8. The fourth-order valence-corrected chi connectivity index (χ4v) is 5.18. The van der Waals surface area contributed by atoms with E-state index in [0.29, 0.717) is 47.6 Å². The van der Waals surface area contributed by atoms with E-state index < -0.39 is 24.1 Å². The first-order chi connectivity index (χ1) is 15.9. The number of carbonyl (C=O) groups is 1. The molecule has 33 heavy (non-hydrogen) atoms. The van der Waals surface area contributed by atoms with Gasteiger partial charge in [-0.15, -0.1) is 11.3 Å². The molecule has 176 valence electrons. The Morgan fingerprint density at radius 3 is 2.91 bits per heavy atom. The first kappa shape index (κ1) is 24.0. The van der Waals surface area contributed by atoms with Gasteiger partial charge in [-0.1, -0.05) is 22.0 Å². The van der Waals surface area contributed by atoms with Gasteiger partial charge in [-0.25, -0.2) is 14.2 Å². The summed E-state index contributed by atoms with van der Waals surface area (Å²) >= 11 is 4.89. The van der Waals surface area contributed by atoms with Gasteiger partial charge in [0.25, 0.3) is 0 Å². The third kappa shape index (κ3) is 5.02. The van der Waals surface area contributed by atoms with Gasteiger partial charge in [0, 0.05) is 55.0 Å². The van der Waals surface area contributed by atoms with Crippen molar-refractivity contribution in [2.45, 2.75) is 19.3 Å². The predicted octanol–water partition coefficient (Wildman–Crippen LogP) is 2.95. The first-order valence-corrected chi connectivity index (χ1v) is 12.1. The summed E-state index contributed by atoms with van der Waals surface area (Å²) in [5, 5.41) is 12.6. The number of aromatic nitrogens is 1. The predicted molar refractivity (Wildman–Crippen MR) is 125 cm³/mol. The molecule has 1 unspecified atom stereocenters. The Bertz CT molecular complexity index is 1080. The highest BCUT2D eigenvalue weighted by Gasteiger charge is 2.40. The lowest BCUT2D eigenvalue weighted by Gasteiger charge is -2.42. The summed E-state index contributed by atoms with van der Waals surface area (Å²) in [6, 6.07) is 3.62. The summed E-state index contributed by atoms with van der Waals surface area (Å²) in [5.74, 6) is -0.217. The van der Waals surface area contributed by atoms with Gasteiger partial charge in [-0.05, 0) is 24.6 Å². The number of amidine groups is 1. The Balaban J connectivity index is 1.86. The van der Waals surface area contributed by atoms with Crippen LogP contribution in [0.3, 0.4) is 0 Å². The van der Waals surface area contributed by atoms with Crippen molar-refractivity contribution < 1.29 is 23.8 Å². The van der Waals surface area contributed by atoms with Gasteiger partial charge in [-0.3, -0.25) is 9.89 Å². The van der Waals surface area contributed by atoms with E-state index in [9.17, 15) is 14.3 Å². The van der Waals surface area contributed by atoms with Crippen molar-refractivity contribution in [2.24, 2.45) is 4.99 Å². The summed E-state index contributed by atoms with van der Waals surface area (Å²) in [7, 11) is 1.44. The number of ether oxygens (including phenoxy) is 2. The molecule has 0 saturated carbocycles. The minimum absolute atomic E-state index is 0.210. The Morgan fingerprint density at radius 1 is 1.42 bits per heavy atom. The number of aliphatic imine (C=N–C) groups is 1. The molecule has 2 atom stereocenters. The number of piperazine rings is 1. The van der Waals surface area contributed by atoms with Gasteiger partial charge in [0.1, 0.15) is 11.9 Å². The van der Waals surface area contributed by atoms with Crippen molar-refractivity contribution in [3.8, 4) is 0 Å². The summed E-state index contributed by atoms with van der Waals surface area (Å²) < 4.78 is 24.8. The number of esters is 1. The highest BCUT2D eigenvalue weighted by atomic mass is 79.9. The van der Waals surface area contributed by atoms with E-state index in [0.717, 1.165) is 10.7 Å². The number of benzene rings is 1. The van der Waals surface area contributed by atoms with Crippen LogP contribution in [0.4, 0.5) is 4.39 Å². The van der Waals surface area contributed by atoms with E-state index >= 15 is 0 Å². The standard InChI is InChI=1S/C22H24BrFN4O4S/c1-3-32-22(30)18-16-11-27(12-17(29)31-2)7-8-28(16)20(21-25-6-9-33-21)26-19(18)14-5-4-13(24)10-15(14)23/h4-6,9-10,17,19,29H,3,7-8,11-12H2,1-2H3/t17?,19-/m0/s1. The molecule has 11 heteroatoms. The van der Waals surface area contributed by atoms with Crippen molar-refractivity contribution in [2.75, 3.05) is 39.9 Å². The zero-order chi connectivity index (χ0) is 23.5. The molecule has 0 spiro atoms. The molecule has 0 radical (unpaired) electrons. The molecule has 2 aromatic rings. The maximum absolute atomic E-state index is 13.8. The van der Waals surface area contributed by atoms with Gasteiger partial charge < -0.3 is 19.5 Å². The number of aliphatic hydroxyl groups is 1. The first-order valence-electron chi connectivity index (χ1n) is 10.5. The second-order valence-corrected chi connectivity index (χ2v) is 9.27. The van der Waals surface area contributed by atoms with Gasteiger partial charge >= 0.3 is 5.97 Å². The highest BCUT2D eigenvalue weighted by Crippen LogP contribution is 2.40. The van der Waals surface area contributed by atoms with E-state index in [4.69, 9.17) is 14.5 Å². The van der Waals surface area contributed by atoms with Crippen LogP contribution in [-0.4, -0.2) is 77.9 Å². The van der Waals surface area contributed by atoms with Gasteiger partial charge in [0.05, 0.1) is 12.2 Å². The number of β-amino-alcohol motifs (C(OH)–C–C–N with tert-alkyl or cyclic N) is 1. The Labute approximate surface area is 203 Å². The van der Waals surface area contributed by atoms with Crippen LogP contribution >= 0.6 is 27.3 Å². The van der Waals surface area contributed by atoms with Crippen molar-refractivity contribution in [3.63, 3.8) is 0 Å². The molecule has 1 aromatic heterocycles. The molecule has 4 rings (SSSR count). The zero-order valence-corrected chi connectivity index (χ0v) is 20.6. The van der Waals surface area contributed by atoms with Crippen LogP contribution in [0.5, 0.6) is 0 Å². The van der Waals surface area contributed by atoms with Crippen LogP contribution in [0, 0.1) is 5.82 Å². The molecule has 0 bridgehead atoms. The SMILES string of the molecule is CCOC(=O)C1=C2CN(CC(O)OC)CCN2C(c2nccs2)=N[C@H]1c1ccc(F)cc1Br. The summed E-state index contributed by atoms with van der Waals surface area (Å²) in [6.07, 6.45) is 0.766. The number of nitrogens with zero attached hydrogens (tertiary/aromatic N) is 4. The van der Waals surface area contributed by atoms with Crippen LogP contribution in [-0.2, 0) is 14.3 Å². The largest absolute Gasteiger partial charge is 0.463 e. The second-order valence-electron chi connectivity index (χ2n) is 7.52. The molecule has 8 nitrogen and oxygen atoms in total. The summed E-state index contributed by atoms with van der Waals surface area (Å²) in [4.78, 5) is 26.6. The Hall–Kier alpha value is -2.18. The molecule has 1 saturated heterocycles. The van der Waals surface area contributed by atoms with Crippen molar-refractivity contribution in [1.82, 2.24) is 14.8 Å². The molecule has 2 aliphatic heterocycles. The fourth-order valence-electron chi connectivity index (χ4n) is 3.97. The van der Waals surface area contributed by atoms with Crippen LogP contribution in [0.1, 0.15) is 23.5 Å². The van der Waals surface area contributed by atoms with Crippen molar-refractivity contribution in [3.05, 3.63) is 61.9 Å². The van der Waals surface area contributed by atoms with Crippen LogP contribution in [0.2, 0.25) is 0 Å². The summed E-state index contributed by atoms with van der Waals surface area (Å²) in [6.45, 7) is 3.81. The number of hydrogen-bond donors (Lipinski definition) is 1. The van der Waals surface area contributed by atoms with E-state index in [1.807, 2.05) is 15.2 Å². The monoisotopic (exact) mass is 538 g/mol. The van der Waals surface area contributed by atoms with E-state index in [-0.39, 0.29) is 6.61 Å². The molecule has 0 aliphatic carbocycles. The van der Waals surface area contributed by atoms with Crippen LogP contribution in [0.25, 0.3) is 0 Å². The number of halogens is 2. The second kappa shape index (κ2) is 10.4. The smallest absolute Gasteiger partial charge is 0.338 e. The van der Waals surface area contributed by atoms with Crippen molar-refractivity contribution in [1.29, 1.82) is 0 Å². The highest BCUT2D eigenvalue weighted by molar-refractivity contribution is 9.10. The average molecular weight is 539 g/mol. The maximum Gasteiger partial charge on any atom is 0.338 e. The number of thiazole rings is 1. The molecular formula is C22H24BrFN4O4S. The van der Waals surface area contributed by atoms with Crippen LogP contribution in [0.15, 0.2) is 50.5 Å². The lowest BCUT2D eigenvalue weighted by molar-refractivity contribution is -0.139. The zero-order valence-electron chi connectivity index (χ0n) is 18.2. The van der Waals surface area contributed by atoms with E-state index in [2.05, 4.69) is 20.9 Å². The minimum atomic E-state index is -0.944. The van der Waals surface area contributed by atoms with E-state index in [1.165, 1.54) is 30.6 Å². The molecule has 1 N–H and O–H groups in total.